The number of nitrogens with two attached hydrogens (primary N) is 2. The van der Waals surface area contributed by atoms with Crippen LogP contribution in [0.2, 0.25) is 25.1 Å². The fourth-order valence-electron chi connectivity index (χ4n) is 6.92. The number of carbonyl (C=O) groups is 11. The van der Waals surface area contributed by atoms with Crippen LogP contribution < -0.4 is 71.0 Å². The number of ketones is 1. The molecule has 5 aromatic rings. The molecule has 0 atom stereocenters. The van der Waals surface area contributed by atoms with Gasteiger partial charge in [0.15, 0.2) is 32.2 Å². The van der Waals surface area contributed by atoms with E-state index in [1.165, 1.54) is 18.2 Å². The zero-order valence-electron chi connectivity index (χ0n) is 59.4. The minimum atomic E-state index is -1.07. The minimum Gasteiger partial charge on any atom is -0.870 e. The molecule has 0 radical (unpaired) electrons. The third-order valence-corrected chi connectivity index (χ3v) is 13.3. The molecule has 5 aromatic carbocycles. The molecular formula is C68H85BrCl5N6NaO26. The van der Waals surface area contributed by atoms with Crippen LogP contribution in [0.15, 0.2) is 113 Å². The Kier molecular flexibility index (Phi) is 63.7. The van der Waals surface area contributed by atoms with Crippen molar-refractivity contribution in [2.45, 2.75) is 92.9 Å². The summed E-state index contributed by atoms with van der Waals surface area (Å²) in [7, 11) is 0. The maximum Gasteiger partial charge on any atom is 1.00 e. The molecular weight excluding hydrogens is 1600 g/mol. The van der Waals surface area contributed by atoms with Gasteiger partial charge in [0.25, 0.3) is 0 Å². The van der Waals surface area contributed by atoms with Crippen LogP contribution in [0.25, 0.3) is 0 Å². The van der Waals surface area contributed by atoms with Gasteiger partial charge in [0.2, 0.25) is 11.8 Å². The van der Waals surface area contributed by atoms with Gasteiger partial charge >= 0.3 is 77.3 Å². The molecule has 39 heteroatoms. The molecule has 0 aromatic heterocycles. The number of alkyl halides is 1. The van der Waals surface area contributed by atoms with Crippen molar-refractivity contribution < 1.29 is 156 Å². The van der Waals surface area contributed by atoms with Crippen molar-refractivity contribution in [1.29, 1.82) is 0 Å². The Bertz CT molecular complexity index is 3580. The third kappa shape index (κ3) is 50.8. The zero-order valence-corrected chi connectivity index (χ0v) is 66.8. The van der Waals surface area contributed by atoms with Crippen LogP contribution in [0, 0.1) is 0 Å². The maximum atomic E-state index is 11.7. The molecule has 8 rings (SSSR count). The van der Waals surface area contributed by atoms with E-state index in [0.717, 1.165) is 22.6 Å². The Morgan fingerprint density at radius 3 is 1.12 bits per heavy atom. The number of esters is 6. The van der Waals surface area contributed by atoms with Crippen molar-refractivity contribution in [2.75, 3.05) is 71.4 Å². The first kappa shape index (κ1) is 105. The van der Waals surface area contributed by atoms with Crippen LogP contribution in [-0.4, -0.2) is 179 Å². The van der Waals surface area contributed by atoms with E-state index < -0.39 is 48.4 Å². The summed E-state index contributed by atoms with van der Waals surface area (Å²) in [5.74, 6) is 4.56. The van der Waals surface area contributed by atoms with Crippen molar-refractivity contribution in [3.05, 3.63) is 145 Å². The number of cyclic esters (lactones) is 2. The molecule has 0 saturated carbocycles. The number of benzene rings is 5. The number of hydrazone groups is 2. The number of para-hydroxylation sites is 2. The normalized spacial score (nSPS) is 11.5. The van der Waals surface area contributed by atoms with Gasteiger partial charge in [0, 0.05) is 50.9 Å². The summed E-state index contributed by atoms with van der Waals surface area (Å²) in [6.45, 7) is 11.1. The number of aromatic hydroxyl groups is 1. The first-order chi connectivity index (χ1) is 50.1. The van der Waals surface area contributed by atoms with E-state index in [9.17, 15) is 52.7 Å². The van der Waals surface area contributed by atoms with Gasteiger partial charge < -0.3 is 73.6 Å². The average molecular weight is 1680 g/mol. The van der Waals surface area contributed by atoms with Crippen molar-refractivity contribution in [1.82, 2.24) is 10.9 Å². The second-order valence-corrected chi connectivity index (χ2v) is 21.8. The Hall–Kier alpha value is -8.26. The van der Waals surface area contributed by atoms with Crippen LogP contribution in [0.3, 0.4) is 0 Å². The summed E-state index contributed by atoms with van der Waals surface area (Å²) < 4.78 is 43.4. The Morgan fingerprint density at radius 2 is 0.832 bits per heavy atom. The number of carboxylic acid groups (broad SMARTS) is 2. The van der Waals surface area contributed by atoms with Crippen molar-refractivity contribution in [2.24, 2.45) is 21.9 Å². The molecule has 3 heterocycles. The van der Waals surface area contributed by atoms with Crippen LogP contribution in [0.1, 0.15) is 114 Å². The van der Waals surface area contributed by atoms with Crippen molar-refractivity contribution >= 4 is 151 Å². The summed E-state index contributed by atoms with van der Waals surface area (Å²) in [6.07, 6.45) is 2.07. The monoisotopic (exact) mass is 1680 g/mol. The molecule has 0 spiro atoms. The number of carboxylic acids is 2. The Morgan fingerprint density at radius 1 is 0.477 bits per heavy atom. The molecule has 1 saturated heterocycles. The minimum absolute atomic E-state index is 0. The van der Waals surface area contributed by atoms with E-state index in [0.29, 0.717) is 93.7 Å². The molecule has 12 N–H and O–H groups in total. The smallest absolute Gasteiger partial charge is 0.870 e. The number of ether oxygens (including phenoxy) is 9. The molecule has 32 nitrogen and oxygen atoms in total. The first-order valence-corrected chi connectivity index (χ1v) is 34.3. The molecule has 3 aliphatic rings. The number of halogens is 6. The number of phenols is 1. The number of hydrazine groups is 1. The van der Waals surface area contributed by atoms with E-state index in [-0.39, 0.29) is 140 Å². The topological polar surface area (TPSA) is 503 Å². The molecule has 107 heavy (non-hydrogen) atoms. The molecule has 0 unspecified atom stereocenters. The summed E-state index contributed by atoms with van der Waals surface area (Å²) in [6, 6.07) is 28.0. The number of hydrogen-bond donors (Lipinski definition) is 9. The van der Waals surface area contributed by atoms with Gasteiger partial charge in [-0.2, -0.15) is 10.2 Å². The molecule has 2 amide bonds. The molecule has 0 bridgehead atoms. The van der Waals surface area contributed by atoms with E-state index in [1.54, 1.807) is 126 Å². The number of carbonyl (C=O) groups excluding carboxylic acids is 9. The second kappa shape index (κ2) is 64.9. The SMILES string of the molecule is CCO.CCO.CCOC(=O)CBr.CCOC(=O)COc1ccc(C(=O)CCC(=O)O)cc1Cl.CCOC(=O)COc1ccc(C2=NNC(=O)CC2)cc1Cl.CCOC(=O)COc1ccccc1Cl.NN.O=C(O)COc1ccc(C2=NNC(=O)CC2)cc1Cl.O=C1CCC(=O)O1.Oc1ccccc1Cl.[Na+].[OH-]. The average Bonchev–Trinajstić information content (AvgIpc) is 0.984. The number of amides is 2. The predicted molar refractivity (Wildman–Crippen MR) is 394 cm³/mol. The summed E-state index contributed by atoms with van der Waals surface area (Å²) in [4.78, 5) is 118. The maximum absolute atomic E-state index is 11.7. The van der Waals surface area contributed by atoms with Crippen LogP contribution >= 0.6 is 73.9 Å². The number of hydrogen-bond acceptors (Lipinski definition) is 28. The van der Waals surface area contributed by atoms with E-state index in [1.807, 2.05) is 0 Å². The van der Waals surface area contributed by atoms with Crippen molar-refractivity contribution in [3.8, 4) is 28.7 Å². The Labute approximate surface area is 672 Å². The fourth-order valence-corrected chi connectivity index (χ4v) is 8.11. The fraction of sp³-hybridized carbons (Fsp3) is 0.368. The van der Waals surface area contributed by atoms with Crippen LogP contribution in [0.4, 0.5) is 0 Å². The zero-order chi connectivity index (χ0) is 79.7. The van der Waals surface area contributed by atoms with Gasteiger partial charge in [0.1, 0.15) is 34.1 Å². The van der Waals surface area contributed by atoms with Crippen LogP contribution in [-0.2, 0) is 71.6 Å². The number of aliphatic hydroxyl groups is 2. The summed E-state index contributed by atoms with van der Waals surface area (Å²) in [5, 5.41) is 50.9. The van der Waals surface area contributed by atoms with Crippen molar-refractivity contribution in [3.63, 3.8) is 0 Å². The summed E-state index contributed by atoms with van der Waals surface area (Å²) >= 11 is 32.3. The third-order valence-electron chi connectivity index (χ3n) is 11.3. The van der Waals surface area contributed by atoms with E-state index >= 15 is 0 Å². The number of aliphatic carboxylic acids is 2. The van der Waals surface area contributed by atoms with Gasteiger partial charge in [0.05, 0.1) is 82.2 Å². The number of nitrogens with zero attached hydrogens (tertiary/aromatic N) is 2. The van der Waals surface area contributed by atoms with Gasteiger partial charge in [-0.1, -0.05) is 98.2 Å². The number of aliphatic hydroxyl groups excluding tert-OH is 2. The summed E-state index contributed by atoms with van der Waals surface area (Å²) in [5.41, 5.74) is 8.20. The predicted octanol–water partition coefficient (Wildman–Crippen LogP) is 6.41. The molecule has 0 aliphatic carbocycles. The van der Waals surface area contributed by atoms with Gasteiger partial charge in [-0.25, -0.2) is 30.0 Å². The Balaban J connectivity index is -0.000000585. The first-order valence-electron chi connectivity index (χ1n) is 31.3. The van der Waals surface area contributed by atoms with Crippen LogP contribution in [0.5, 0.6) is 28.7 Å². The molecule has 1 fully saturated rings. The molecule has 586 valence electrons. The number of phenolic OH excluding ortho intramolecular Hbond substituents is 1. The van der Waals surface area contributed by atoms with Gasteiger partial charge in [-0.15, -0.1) is 0 Å². The van der Waals surface area contributed by atoms with Gasteiger partial charge in [-0.3, -0.25) is 45.2 Å². The quantitative estimate of drug-likeness (QED) is 0.00498. The number of rotatable bonds is 23. The second-order valence-electron chi connectivity index (χ2n) is 19.2. The largest absolute Gasteiger partial charge is 1.00 e. The standard InChI is InChI=1S/C14H15ClN2O4.C14H15ClO6.C12H11ClN2O4.C10H11ClO3.C6H5ClO.C4H7BrO2.C4H4O3.2C2H6O.H4N2.Na.H2O/c1-2-20-14(19)8-21-12-5-3-9(7-10(12)15)11-4-6-13(18)17-16-11;1-2-20-14(19)8-21-12-5-3-9(7-10(12)15)11(16)4-6-13(17)18;13-8-5-7(9-2-4-11(16)15-14-9)1-3-10(8)19-6-12(17)18;1-2-13-10(12)7-14-9-6-4-3-5-8(9)11;7-5-3-1-2-4-6(5)8;1-2-7-4(6)3-5;5-3-1-2-4(6)7-3;2*1-2-3;1-2;;/h2*3,5,7H,2,4,6,8H2,1H3,(H,17,18);1,3,5H,2,4,6H2,(H,15,16)(H,17,18);3-6H,2,7H2,1H3;1-4,8H;2-3H2,1H3;1-2H2;2*3H,2H2,1H3;1-2H2;;1H2/q;;;;;;;;;;+1;/p-1. The van der Waals surface area contributed by atoms with Gasteiger partial charge in [-0.05, 0) is 132 Å². The molecule has 3 aliphatic heterocycles. The number of Topliss-reactive ketones (excluding diaryl/α,β-unsaturated/α-hetero) is 1. The number of nitrogens with one attached hydrogen (secondary N) is 2. The van der Waals surface area contributed by atoms with E-state index in [4.69, 9.17) is 117 Å². The van der Waals surface area contributed by atoms with E-state index in [2.05, 4.69) is 58.1 Å².